The molecule has 0 bridgehead atoms. The number of aliphatic imine (C=N–C) groups is 1. The lowest BCUT2D eigenvalue weighted by molar-refractivity contribution is -0.121. The van der Waals surface area contributed by atoms with Crippen molar-refractivity contribution >= 4 is 50.5 Å². The quantitative estimate of drug-likeness (QED) is 0.745. The first kappa shape index (κ1) is 16.7. The van der Waals surface area contributed by atoms with E-state index in [1.165, 1.54) is 11.0 Å². The normalized spacial score (nSPS) is 18.0. The highest BCUT2D eigenvalue weighted by Gasteiger charge is 2.30. The van der Waals surface area contributed by atoms with E-state index < -0.39 is 5.82 Å². The minimum atomic E-state index is -0.450. The number of rotatable bonds is 2. The number of carbonyl (C=O) groups excluding carboxylic acids is 1. The van der Waals surface area contributed by atoms with Crippen molar-refractivity contribution in [3.05, 3.63) is 63.2 Å². The van der Waals surface area contributed by atoms with Gasteiger partial charge in [-0.3, -0.25) is 9.69 Å². The number of para-hydroxylation sites is 1. The minimum Gasteiger partial charge on any atom is -0.507 e. The van der Waals surface area contributed by atoms with Crippen molar-refractivity contribution in [2.24, 2.45) is 4.99 Å². The zero-order valence-corrected chi connectivity index (χ0v) is 14.9. The second-order valence-electron chi connectivity index (χ2n) is 5.02. The monoisotopic (exact) mass is 406 g/mol. The Morgan fingerprint density at radius 3 is 2.79 bits per heavy atom. The Morgan fingerprint density at radius 2 is 2.04 bits per heavy atom. The van der Waals surface area contributed by atoms with Gasteiger partial charge in [0, 0.05) is 17.1 Å². The molecule has 2 aromatic carbocycles. The number of phenolic OH excluding ortho intramolecular Hbond substituents is 1. The Balaban J connectivity index is 1.96. The predicted octanol–water partition coefficient (Wildman–Crippen LogP) is 4.53. The van der Waals surface area contributed by atoms with Crippen molar-refractivity contribution in [3.8, 4) is 5.75 Å². The number of benzene rings is 2. The molecule has 122 valence electrons. The van der Waals surface area contributed by atoms with Crippen molar-refractivity contribution in [2.75, 3.05) is 7.05 Å². The fourth-order valence-corrected chi connectivity index (χ4v) is 3.43. The summed E-state index contributed by atoms with van der Waals surface area (Å²) in [7, 11) is 1.58. The number of aromatic hydroxyl groups is 1. The maximum Gasteiger partial charge on any atom is 0.266 e. The van der Waals surface area contributed by atoms with Gasteiger partial charge in [0.05, 0.1) is 4.91 Å². The van der Waals surface area contributed by atoms with E-state index >= 15 is 0 Å². The molecule has 0 saturated carbocycles. The highest BCUT2D eigenvalue weighted by Crippen LogP contribution is 2.35. The topological polar surface area (TPSA) is 52.9 Å². The molecule has 7 heteroatoms. The fourth-order valence-electron chi connectivity index (χ4n) is 2.08. The van der Waals surface area contributed by atoms with Gasteiger partial charge in [0.1, 0.15) is 17.3 Å². The molecule has 1 saturated heterocycles. The van der Waals surface area contributed by atoms with Gasteiger partial charge >= 0.3 is 0 Å². The Morgan fingerprint density at radius 1 is 1.29 bits per heavy atom. The van der Waals surface area contributed by atoms with Gasteiger partial charge in [0.2, 0.25) is 0 Å². The Labute approximate surface area is 150 Å². The van der Waals surface area contributed by atoms with Crippen molar-refractivity contribution < 1.29 is 14.3 Å². The second kappa shape index (κ2) is 6.78. The standard InChI is InChI=1S/C17H12BrFN2O2S/c1-21-16(23)15(9-10-8-11(18)6-7-14(10)22)24-17(21)20-13-5-3-2-4-12(13)19/h2-9,22H,1H3/b15-9+,20-17?. The van der Waals surface area contributed by atoms with E-state index in [0.717, 1.165) is 16.2 Å². The molecule has 0 radical (unpaired) electrons. The van der Waals surface area contributed by atoms with Crippen molar-refractivity contribution in [3.63, 3.8) is 0 Å². The number of nitrogens with zero attached hydrogens (tertiary/aromatic N) is 2. The summed E-state index contributed by atoms with van der Waals surface area (Å²) in [5.74, 6) is -0.635. The number of phenols is 1. The van der Waals surface area contributed by atoms with Crippen LogP contribution in [-0.4, -0.2) is 28.1 Å². The van der Waals surface area contributed by atoms with Crippen LogP contribution in [0.1, 0.15) is 5.56 Å². The number of halogens is 2. The summed E-state index contributed by atoms with van der Waals surface area (Å²) in [5.41, 5.74) is 0.687. The highest BCUT2D eigenvalue weighted by molar-refractivity contribution is 9.10. The summed E-state index contributed by atoms with van der Waals surface area (Å²) in [6, 6.07) is 11.1. The van der Waals surface area contributed by atoms with E-state index in [-0.39, 0.29) is 17.3 Å². The van der Waals surface area contributed by atoms with Crippen molar-refractivity contribution in [2.45, 2.75) is 0 Å². The van der Waals surface area contributed by atoms with Gasteiger partial charge in [-0.25, -0.2) is 9.38 Å². The molecule has 3 rings (SSSR count). The third-order valence-electron chi connectivity index (χ3n) is 3.35. The van der Waals surface area contributed by atoms with Gasteiger partial charge in [0.15, 0.2) is 5.17 Å². The van der Waals surface area contributed by atoms with Crippen LogP contribution in [0.2, 0.25) is 0 Å². The van der Waals surface area contributed by atoms with Gasteiger partial charge in [-0.1, -0.05) is 28.1 Å². The van der Waals surface area contributed by atoms with E-state index in [1.807, 2.05) is 0 Å². The zero-order valence-electron chi connectivity index (χ0n) is 12.5. The van der Waals surface area contributed by atoms with Gasteiger partial charge in [-0.05, 0) is 48.2 Å². The third kappa shape index (κ3) is 3.37. The molecule has 1 heterocycles. The molecule has 1 N–H and O–H groups in total. The van der Waals surface area contributed by atoms with Crippen LogP contribution in [0.5, 0.6) is 5.75 Å². The lowest BCUT2D eigenvalue weighted by Crippen LogP contribution is -2.23. The molecule has 0 spiro atoms. The third-order valence-corrected chi connectivity index (χ3v) is 4.90. The predicted molar refractivity (Wildman–Crippen MR) is 97.6 cm³/mol. The summed E-state index contributed by atoms with van der Waals surface area (Å²) in [6.45, 7) is 0. The van der Waals surface area contributed by atoms with E-state index in [4.69, 9.17) is 0 Å². The van der Waals surface area contributed by atoms with Crippen LogP contribution in [-0.2, 0) is 4.79 Å². The SMILES string of the molecule is CN1C(=O)/C(=C\c2cc(Br)ccc2O)SC1=Nc1ccccc1F. The summed E-state index contributed by atoms with van der Waals surface area (Å²) in [4.78, 5) is 18.3. The number of hydrogen-bond acceptors (Lipinski definition) is 4. The average molecular weight is 407 g/mol. The minimum absolute atomic E-state index is 0.0706. The Bertz CT molecular complexity index is 883. The lowest BCUT2D eigenvalue weighted by Gasteiger charge is -2.07. The lowest BCUT2D eigenvalue weighted by atomic mass is 10.2. The number of carbonyl (C=O) groups is 1. The van der Waals surface area contributed by atoms with E-state index in [2.05, 4.69) is 20.9 Å². The molecular formula is C17H12BrFN2O2S. The molecule has 0 aromatic heterocycles. The first-order valence-corrected chi connectivity index (χ1v) is 8.56. The molecule has 24 heavy (non-hydrogen) atoms. The van der Waals surface area contributed by atoms with Gasteiger partial charge in [0.25, 0.3) is 5.91 Å². The van der Waals surface area contributed by atoms with Crippen LogP contribution < -0.4 is 0 Å². The van der Waals surface area contributed by atoms with Gasteiger partial charge < -0.3 is 5.11 Å². The molecule has 4 nitrogen and oxygen atoms in total. The maximum atomic E-state index is 13.7. The molecule has 1 amide bonds. The molecular weight excluding hydrogens is 395 g/mol. The number of likely N-dealkylation sites (N-methyl/N-ethyl adjacent to an activating group) is 1. The van der Waals surface area contributed by atoms with Crippen molar-refractivity contribution in [1.82, 2.24) is 4.90 Å². The van der Waals surface area contributed by atoms with E-state index in [9.17, 15) is 14.3 Å². The van der Waals surface area contributed by atoms with Crippen LogP contribution in [0.3, 0.4) is 0 Å². The highest BCUT2D eigenvalue weighted by atomic mass is 79.9. The molecule has 0 aliphatic carbocycles. The first-order valence-electron chi connectivity index (χ1n) is 6.95. The smallest absolute Gasteiger partial charge is 0.266 e. The number of hydrogen-bond donors (Lipinski definition) is 1. The molecule has 2 aromatic rings. The van der Waals surface area contributed by atoms with Crippen LogP contribution in [0.25, 0.3) is 6.08 Å². The molecule has 0 atom stereocenters. The largest absolute Gasteiger partial charge is 0.507 e. The summed E-state index contributed by atoms with van der Waals surface area (Å²) >= 11 is 4.46. The Kier molecular flexibility index (Phi) is 4.73. The van der Waals surface area contributed by atoms with Crippen molar-refractivity contribution in [1.29, 1.82) is 0 Å². The van der Waals surface area contributed by atoms with Crippen LogP contribution in [0, 0.1) is 5.82 Å². The molecule has 1 fully saturated rings. The van der Waals surface area contributed by atoms with Gasteiger partial charge in [-0.15, -0.1) is 0 Å². The number of amidine groups is 1. The van der Waals surface area contributed by atoms with E-state index in [1.54, 1.807) is 49.5 Å². The van der Waals surface area contributed by atoms with Crippen LogP contribution >= 0.6 is 27.7 Å². The first-order chi connectivity index (χ1) is 11.5. The summed E-state index contributed by atoms with van der Waals surface area (Å²) < 4.78 is 14.5. The summed E-state index contributed by atoms with van der Waals surface area (Å²) in [5, 5.41) is 10.3. The average Bonchev–Trinajstić information content (AvgIpc) is 2.81. The van der Waals surface area contributed by atoms with Gasteiger partial charge in [-0.2, -0.15) is 0 Å². The zero-order chi connectivity index (χ0) is 17.3. The fraction of sp³-hybridized carbons (Fsp3) is 0.0588. The number of thioether (sulfide) groups is 1. The van der Waals surface area contributed by atoms with Crippen LogP contribution in [0.4, 0.5) is 10.1 Å². The molecule has 1 aliphatic heterocycles. The summed E-state index contributed by atoms with van der Waals surface area (Å²) in [6.07, 6.45) is 1.59. The Hall–Kier alpha value is -2.12. The molecule has 1 aliphatic rings. The van der Waals surface area contributed by atoms with E-state index in [0.29, 0.717) is 15.6 Å². The maximum absolute atomic E-state index is 13.7. The molecule has 0 unspecified atom stereocenters. The number of amides is 1. The van der Waals surface area contributed by atoms with Crippen LogP contribution in [0.15, 0.2) is 56.8 Å². The second-order valence-corrected chi connectivity index (χ2v) is 6.95.